The van der Waals surface area contributed by atoms with Crippen molar-refractivity contribution in [2.24, 2.45) is 0 Å². The third-order valence-electron chi connectivity index (χ3n) is 2.38. The molecule has 0 aliphatic carbocycles. The molecule has 0 fully saturated rings. The average Bonchev–Trinajstić information content (AvgIpc) is 2.64. The molecule has 94 valence electrons. The molecular formula is C12H9BrFNO2S. The summed E-state index contributed by atoms with van der Waals surface area (Å²) in [6.07, 6.45) is 2.51. The van der Waals surface area contributed by atoms with Gasteiger partial charge in [0.15, 0.2) is 0 Å². The van der Waals surface area contributed by atoms with E-state index in [0.717, 1.165) is 10.2 Å². The Morgan fingerprint density at radius 2 is 2.17 bits per heavy atom. The molecule has 0 unspecified atom stereocenters. The molecule has 0 N–H and O–H groups in total. The molecule has 0 saturated carbocycles. The lowest BCUT2D eigenvalue weighted by Crippen LogP contribution is -2.08. The number of aromatic nitrogens is 1. The zero-order chi connectivity index (χ0) is 13.3. The molecule has 6 heteroatoms. The highest BCUT2D eigenvalue weighted by molar-refractivity contribution is 9.09. The Kier molecular flexibility index (Phi) is 3.46. The zero-order valence-corrected chi connectivity index (χ0v) is 11.8. The first kappa shape index (κ1) is 13.1. The predicted molar refractivity (Wildman–Crippen MR) is 72.8 cm³/mol. The van der Waals surface area contributed by atoms with Gasteiger partial charge in [0.05, 0.1) is 22.7 Å². The number of alkyl halides is 1. The van der Waals surface area contributed by atoms with Crippen LogP contribution in [0.1, 0.15) is 5.56 Å². The number of hydrogen-bond donors (Lipinski definition) is 0. The smallest absolute Gasteiger partial charge is 0.236 e. The molecule has 0 amide bonds. The molecule has 0 aliphatic rings. The molecule has 0 spiro atoms. The van der Waals surface area contributed by atoms with Crippen LogP contribution in [0.15, 0.2) is 24.4 Å². The van der Waals surface area contributed by atoms with Crippen molar-refractivity contribution in [3.8, 4) is 11.8 Å². The van der Waals surface area contributed by atoms with E-state index in [9.17, 15) is 12.8 Å². The maximum atomic E-state index is 13.2. The Labute approximate surface area is 113 Å². The van der Waals surface area contributed by atoms with Gasteiger partial charge in [-0.3, -0.25) is 0 Å². The van der Waals surface area contributed by atoms with E-state index in [-0.39, 0.29) is 0 Å². The molecule has 0 radical (unpaired) electrons. The zero-order valence-electron chi connectivity index (χ0n) is 9.44. The van der Waals surface area contributed by atoms with Crippen LogP contribution in [-0.4, -0.2) is 24.0 Å². The Hall–Kier alpha value is -1.32. The highest BCUT2D eigenvalue weighted by Crippen LogP contribution is 2.23. The van der Waals surface area contributed by atoms with Crippen LogP contribution in [0.3, 0.4) is 0 Å². The standard InChI is InChI=1S/C12H9BrFNO2S/c1-18(16,17)15-8-9(3-2-6-13)11-7-10(14)4-5-12(11)15/h4-5,7-8H,6H2,1H3. The van der Waals surface area contributed by atoms with E-state index in [4.69, 9.17) is 0 Å². The molecule has 1 aromatic heterocycles. The lowest BCUT2D eigenvalue weighted by Gasteiger charge is -2.00. The molecular weight excluding hydrogens is 321 g/mol. The van der Waals surface area contributed by atoms with Gasteiger partial charge in [-0.25, -0.2) is 16.8 Å². The van der Waals surface area contributed by atoms with Crippen LogP contribution in [0.25, 0.3) is 10.9 Å². The molecule has 1 aromatic carbocycles. The van der Waals surface area contributed by atoms with Crippen LogP contribution in [0.5, 0.6) is 0 Å². The molecule has 2 aromatic rings. The normalized spacial score (nSPS) is 11.3. The minimum atomic E-state index is -3.43. The van der Waals surface area contributed by atoms with Crippen LogP contribution >= 0.6 is 15.9 Å². The Balaban J connectivity index is 2.84. The van der Waals surface area contributed by atoms with Gasteiger partial charge in [-0.15, -0.1) is 0 Å². The van der Waals surface area contributed by atoms with Crippen molar-refractivity contribution < 1.29 is 12.8 Å². The monoisotopic (exact) mass is 329 g/mol. The van der Waals surface area contributed by atoms with Gasteiger partial charge < -0.3 is 0 Å². The van der Waals surface area contributed by atoms with E-state index in [1.54, 1.807) is 0 Å². The van der Waals surface area contributed by atoms with Crippen molar-refractivity contribution in [2.45, 2.75) is 0 Å². The number of hydrogen-bond acceptors (Lipinski definition) is 2. The van der Waals surface area contributed by atoms with E-state index in [0.29, 0.717) is 21.8 Å². The summed E-state index contributed by atoms with van der Waals surface area (Å²) < 4.78 is 37.6. The van der Waals surface area contributed by atoms with Crippen molar-refractivity contribution >= 4 is 36.9 Å². The number of halogens is 2. The fourth-order valence-electron chi connectivity index (χ4n) is 1.68. The second-order valence-electron chi connectivity index (χ2n) is 3.70. The van der Waals surface area contributed by atoms with Crippen LogP contribution in [0.4, 0.5) is 4.39 Å². The van der Waals surface area contributed by atoms with E-state index in [1.165, 1.54) is 24.4 Å². The number of nitrogens with zero attached hydrogens (tertiary/aromatic N) is 1. The van der Waals surface area contributed by atoms with Crippen molar-refractivity contribution in [1.29, 1.82) is 0 Å². The highest BCUT2D eigenvalue weighted by Gasteiger charge is 2.14. The van der Waals surface area contributed by atoms with Crippen LogP contribution in [-0.2, 0) is 10.0 Å². The Bertz CT molecular complexity index is 768. The lowest BCUT2D eigenvalue weighted by atomic mass is 10.2. The van der Waals surface area contributed by atoms with Crippen molar-refractivity contribution in [3.05, 3.63) is 35.8 Å². The van der Waals surface area contributed by atoms with Gasteiger partial charge >= 0.3 is 0 Å². The average molecular weight is 330 g/mol. The molecule has 18 heavy (non-hydrogen) atoms. The quantitative estimate of drug-likeness (QED) is 0.595. The predicted octanol–water partition coefficient (Wildman–Crippen LogP) is 2.33. The fourth-order valence-corrected chi connectivity index (χ4v) is 2.63. The third kappa shape index (κ3) is 2.42. The fraction of sp³-hybridized carbons (Fsp3) is 0.167. The SMILES string of the molecule is CS(=O)(=O)n1cc(C#CCBr)c2cc(F)ccc21. The summed E-state index contributed by atoms with van der Waals surface area (Å²) >= 11 is 3.16. The van der Waals surface area contributed by atoms with Crippen molar-refractivity contribution in [1.82, 2.24) is 3.97 Å². The highest BCUT2D eigenvalue weighted by atomic mass is 79.9. The first-order chi connectivity index (χ1) is 8.43. The van der Waals surface area contributed by atoms with Gasteiger partial charge in [-0.1, -0.05) is 27.8 Å². The van der Waals surface area contributed by atoms with Crippen molar-refractivity contribution in [3.63, 3.8) is 0 Å². The number of rotatable bonds is 1. The van der Waals surface area contributed by atoms with Gasteiger partial charge in [0.25, 0.3) is 0 Å². The van der Waals surface area contributed by atoms with Crippen LogP contribution in [0.2, 0.25) is 0 Å². The minimum Gasteiger partial charge on any atom is -0.244 e. The van der Waals surface area contributed by atoms with Crippen LogP contribution in [0, 0.1) is 17.7 Å². The van der Waals surface area contributed by atoms with E-state index >= 15 is 0 Å². The van der Waals surface area contributed by atoms with Gasteiger partial charge in [-0.2, -0.15) is 0 Å². The topological polar surface area (TPSA) is 39.1 Å². The van der Waals surface area contributed by atoms with E-state index in [2.05, 4.69) is 27.8 Å². The molecule has 0 bridgehead atoms. The summed E-state index contributed by atoms with van der Waals surface area (Å²) in [5.74, 6) is 5.16. The maximum Gasteiger partial charge on any atom is 0.236 e. The molecule has 0 aliphatic heterocycles. The number of benzene rings is 1. The van der Waals surface area contributed by atoms with Gasteiger partial charge in [0.1, 0.15) is 5.82 Å². The summed E-state index contributed by atoms with van der Waals surface area (Å²) in [5.41, 5.74) is 0.923. The largest absolute Gasteiger partial charge is 0.244 e. The lowest BCUT2D eigenvalue weighted by molar-refractivity contribution is 0.595. The van der Waals surface area contributed by atoms with Gasteiger partial charge in [-0.05, 0) is 18.2 Å². The summed E-state index contributed by atoms with van der Waals surface area (Å²) in [6, 6.07) is 3.95. The Morgan fingerprint density at radius 1 is 1.44 bits per heavy atom. The first-order valence-corrected chi connectivity index (χ1v) is 7.96. The van der Waals surface area contributed by atoms with Gasteiger partial charge in [0.2, 0.25) is 10.0 Å². The summed E-state index contributed by atoms with van der Waals surface area (Å²) in [6.45, 7) is 0. The number of fused-ring (bicyclic) bond motifs is 1. The molecule has 1 heterocycles. The minimum absolute atomic E-state index is 0.421. The molecule has 2 rings (SSSR count). The third-order valence-corrected chi connectivity index (χ3v) is 3.68. The van der Waals surface area contributed by atoms with E-state index < -0.39 is 15.8 Å². The summed E-state index contributed by atoms with van der Waals surface area (Å²) in [5, 5.41) is 0.960. The van der Waals surface area contributed by atoms with Crippen molar-refractivity contribution in [2.75, 3.05) is 11.6 Å². The summed E-state index contributed by atoms with van der Waals surface area (Å²) in [7, 11) is -3.43. The second kappa shape index (κ2) is 4.75. The second-order valence-corrected chi connectivity index (χ2v) is 6.12. The molecule has 0 atom stereocenters. The maximum absolute atomic E-state index is 13.2. The van der Waals surface area contributed by atoms with Gasteiger partial charge in [0, 0.05) is 11.6 Å². The molecule has 0 saturated heterocycles. The Morgan fingerprint density at radius 3 is 2.78 bits per heavy atom. The van der Waals surface area contributed by atoms with E-state index in [1.807, 2.05) is 0 Å². The molecule has 3 nitrogen and oxygen atoms in total. The van der Waals surface area contributed by atoms with Crippen LogP contribution < -0.4 is 0 Å². The first-order valence-electron chi connectivity index (χ1n) is 4.99. The summed E-state index contributed by atoms with van der Waals surface area (Å²) in [4.78, 5) is 0.